The Kier molecular flexibility index (Phi) is 2.86. The number of anilines is 1. The largest absolute Gasteiger partial charge is 0.345 e. The highest BCUT2D eigenvalue weighted by Gasteiger charge is 2.30. The molecule has 3 heterocycles. The van der Waals surface area contributed by atoms with Gasteiger partial charge in [0.15, 0.2) is 5.13 Å². The number of nitrogens with one attached hydrogen (secondary N) is 1. The van der Waals surface area contributed by atoms with Crippen LogP contribution in [-0.2, 0) is 6.42 Å². The third-order valence-corrected chi connectivity index (χ3v) is 4.58. The Hall–Kier alpha value is -0.610. The second-order valence-electron chi connectivity index (χ2n) is 4.87. The molecule has 0 amide bonds. The van der Waals surface area contributed by atoms with Crippen LogP contribution in [0, 0.1) is 0 Å². The second kappa shape index (κ2) is 4.34. The number of hydrogen-bond donors (Lipinski definition) is 1. The predicted molar refractivity (Wildman–Crippen MR) is 68.3 cm³/mol. The van der Waals surface area contributed by atoms with Gasteiger partial charge in [0.2, 0.25) is 0 Å². The van der Waals surface area contributed by atoms with E-state index in [2.05, 4.69) is 22.5 Å². The summed E-state index contributed by atoms with van der Waals surface area (Å²) in [7, 11) is 0. The van der Waals surface area contributed by atoms with Gasteiger partial charge in [0.25, 0.3) is 0 Å². The maximum absolute atomic E-state index is 4.70. The summed E-state index contributed by atoms with van der Waals surface area (Å²) in [5.41, 5.74) is 1.24. The van der Waals surface area contributed by atoms with Crippen molar-refractivity contribution in [2.75, 3.05) is 18.0 Å². The Morgan fingerprint density at radius 2 is 2.19 bits per heavy atom. The van der Waals surface area contributed by atoms with Crippen molar-refractivity contribution in [3.05, 3.63) is 11.1 Å². The molecule has 2 aliphatic heterocycles. The minimum absolute atomic E-state index is 0.696. The molecule has 4 heteroatoms. The van der Waals surface area contributed by atoms with Crippen LogP contribution in [0.1, 0.15) is 31.9 Å². The van der Waals surface area contributed by atoms with E-state index in [0.717, 1.165) is 19.5 Å². The van der Waals surface area contributed by atoms with Crippen LogP contribution in [0.15, 0.2) is 5.38 Å². The van der Waals surface area contributed by atoms with E-state index in [-0.39, 0.29) is 0 Å². The second-order valence-corrected chi connectivity index (χ2v) is 5.71. The Morgan fingerprint density at radius 3 is 2.81 bits per heavy atom. The van der Waals surface area contributed by atoms with Crippen molar-refractivity contribution in [1.29, 1.82) is 0 Å². The molecule has 88 valence electrons. The summed E-state index contributed by atoms with van der Waals surface area (Å²) < 4.78 is 0. The van der Waals surface area contributed by atoms with Gasteiger partial charge in [0, 0.05) is 30.6 Å². The zero-order valence-electron chi connectivity index (χ0n) is 9.78. The van der Waals surface area contributed by atoms with E-state index in [1.807, 2.05) is 0 Å². The van der Waals surface area contributed by atoms with Crippen molar-refractivity contribution in [2.45, 2.75) is 44.7 Å². The Balaban J connectivity index is 1.74. The number of piperazine rings is 1. The minimum Gasteiger partial charge on any atom is -0.345 e. The zero-order chi connectivity index (χ0) is 11.0. The molecule has 1 N–H and O–H groups in total. The minimum atomic E-state index is 0.696. The molecule has 2 bridgehead atoms. The quantitative estimate of drug-likeness (QED) is 0.853. The van der Waals surface area contributed by atoms with Gasteiger partial charge in [0.05, 0.1) is 5.69 Å². The van der Waals surface area contributed by atoms with E-state index >= 15 is 0 Å². The summed E-state index contributed by atoms with van der Waals surface area (Å²) >= 11 is 1.81. The summed E-state index contributed by atoms with van der Waals surface area (Å²) in [6.07, 6.45) is 5.11. The summed E-state index contributed by atoms with van der Waals surface area (Å²) in [5.74, 6) is 0. The lowest BCUT2D eigenvalue weighted by Gasteiger charge is -2.42. The molecular weight excluding hydrogens is 218 g/mol. The van der Waals surface area contributed by atoms with E-state index in [9.17, 15) is 0 Å². The molecule has 3 rings (SSSR count). The van der Waals surface area contributed by atoms with Crippen LogP contribution in [0.4, 0.5) is 5.13 Å². The lowest BCUT2D eigenvalue weighted by molar-refractivity contribution is 0.283. The van der Waals surface area contributed by atoms with Crippen LogP contribution in [0.25, 0.3) is 0 Å². The molecule has 0 aromatic carbocycles. The molecular formula is C12H19N3S. The third-order valence-electron chi connectivity index (χ3n) is 3.63. The van der Waals surface area contributed by atoms with Gasteiger partial charge in [-0.15, -0.1) is 11.3 Å². The van der Waals surface area contributed by atoms with Crippen molar-refractivity contribution >= 4 is 16.5 Å². The van der Waals surface area contributed by atoms with E-state index in [0.29, 0.717) is 12.1 Å². The van der Waals surface area contributed by atoms with Gasteiger partial charge >= 0.3 is 0 Å². The highest BCUT2D eigenvalue weighted by atomic mass is 32.1. The molecule has 0 saturated carbocycles. The molecule has 2 unspecified atom stereocenters. The molecule has 0 aliphatic carbocycles. The first-order chi connectivity index (χ1) is 7.85. The molecule has 2 saturated heterocycles. The molecule has 2 atom stereocenters. The monoisotopic (exact) mass is 237 g/mol. The van der Waals surface area contributed by atoms with Crippen molar-refractivity contribution < 1.29 is 0 Å². The third kappa shape index (κ3) is 1.96. The van der Waals surface area contributed by atoms with Crippen LogP contribution >= 0.6 is 11.3 Å². The zero-order valence-corrected chi connectivity index (χ0v) is 10.6. The number of fused-ring (bicyclic) bond motifs is 2. The van der Waals surface area contributed by atoms with Crippen LogP contribution < -0.4 is 10.2 Å². The number of piperidine rings is 1. The molecule has 16 heavy (non-hydrogen) atoms. The highest BCUT2D eigenvalue weighted by Crippen LogP contribution is 2.27. The number of aryl methyl sites for hydroxylation is 1. The van der Waals surface area contributed by atoms with Crippen molar-refractivity contribution in [2.24, 2.45) is 0 Å². The van der Waals surface area contributed by atoms with Crippen molar-refractivity contribution in [1.82, 2.24) is 10.3 Å². The van der Waals surface area contributed by atoms with E-state index in [1.54, 1.807) is 11.3 Å². The lowest BCUT2D eigenvalue weighted by Crippen LogP contribution is -2.58. The van der Waals surface area contributed by atoms with Gasteiger partial charge in [-0.2, -0.15) is 0 Å². The summed E-state index contributed by atoms with van der Waals surface area (Å²) in [6, 6.07) is 1.39. The SMILES string of the molecule is CCc1csc(N2CC3CCCC(C2)N3)n1. The fourth-order valence-electron chi connectivity index (χ4n) is 2.77. The van der Waals surface area contributed by atoms with Gasteiger partial charge in [-0.3, -0.25) is 0 Å². The molecule has 0 spiro atoms. The van der Waals surface area contributed by atoms with Gasteiger partial charge in [-0.1, -0.05) is 13.3 Å². The van der Waals surface area contributed by atoms with E-state index in [4.69, 9.17) is 4.98 Å². The maximum Gasteiger partial charge on any atom is 0.185 e. The lowest BCUT2D eigenvalue weighted by atomic mass is 9.94. The molecule has 2 fully saturated rings. The summed E-state index contributed by atoms with van der Waals surface area (Å²) in [6.45, 7) is 4.46. The fraction of sp³-hybridized carbons (Fsp3) is 0.750. The molecule has 3 nitrogen and oxygen atoms in total. The van der Waals surface area contributed by atoms with E-state index < -0.39 is 0 Å². The number of thiazole rings is 1. The summed E-state index contributed by atoms with van der Waals surface area (Å²) in [4.78, 5) is 7.18. The van der Waals surface area contributed by atoms with Crippen LogP contribution in [0.3, 0.4) is 0 Å². The standard InChI is InChI=1S/C12H19N3S/c1-2-9-8-16-12(14-9)15-6-10-4-3-5-11(7-15)13-10/h8,10-11,13H,2-7H2,1H3. The van der Waals surface area contributed by atoms with Crippen molar-refractivity contribution in [3.63, 3.8) is 0 Å². The van der Waals surface area contributed by atoms with Gasteiger partial charge in [-0.05, 0) is 19.3 Å². The van der Waals surface area contributed by atoms with Gasteiger partial charge in [0.1, 0.15) is 0 Å². The van der Waals surface area contributed by atoms with Crippen LogP contribution in [0.2, 0.25) is 0 Å². The van der Waals surface area contributed by atoms with Gasteiger partial charge in [-0.25, -0.2) is 4.98 Å². The first-order valence-corrected chi connectivity index (χ1v) is 7.18. The number of aromatic nitrogens is 1. The fourth-order valence-corrected chi connectivity index (χ4v) is 3.69. The predicted octanol–water partition coefficient (Wildman–Crippen LogP) is 2.04. The molecule has 1 aromatic rings. The molecule has 0 radical (unpaired) electrons. The van der Waals surface area contributed by atoms with Crippen LogP contribution in [0.5, 0.6) is 0 Å². The number of rotatable bonds is 2. The topological polar surface area (TPSA) is 28.2 Å². The van der Waals surface area contributed by atoms with Crippen molar-refractivity contribution in [3.8, 4) is 0 Å². The highest BCUT2D eigenvalue weighted by molar-refractivity contribution is 7.13. The number of nitrogens with zero attached hydrogens (tertiary/aromatic N) is 2. The maximum atomic E-state index is 4.70. The Labute approximate surface area is 101 Å². The molecule has 1 aromatic heterocycles. The van der Waals surface area contributed by atoms with Crippen LogP contribution in [-0.4, -0.2) is 30.2 Å². The smallest absolute Gasteiger partial charge is 0.185 e. The Morgan fingerprint density at radius 1 is 1.44 bits per heavy atom. The van der Waals surface area contributed by atoms with E-state index in [1.165, 1.54) is 30.1 Å². The number of hydrogen-bond acceptors (Lipinski definition) is 4. The normalized spacial score (nSPS) is 29.4. The first kappa shape index (κ1) is 10.5. The summed E-state index contributed by atoms with van der Waals surface area (Å²) in [5, 5.41) is 7.14. The average molecular weight is 237 g/mol. The Bertz CT molecular complexity index is 351. The first-order valence-electron chi connectivity index (χ1n) is 6.30. The molecule has 2 aliphatic rings. The average Bonchev–Trinajstić information content (AvgIpc) is 2.77. The van der Waals surface area contributed by atoms with Gasteiger partial charge < -0.3 is 10.2 Å².